The van der Waals surface area contributed by atoms with Crippen molar-refractivity contribution in [2.24, 2.45) is 5.92 Å². The number of hydrogen-bond acceptors (Lipinski definition) is 3. The topological polar surface area (TPSA) is 46.7 Å². The van der Waals surface area contributed by atoms with Crippen LogP contribution in [0, 0.1) is 5.92 Å². The maximum atomic E-state index is 11.4. The molecule has 0 aliphatic carbocycles. The van der Waals surface area contributed by atoms with Crippen molar-refractivity contribution in [2.75, 3.05) is 18.1 Å². The fraction of sp³-hybridized carbons (Fsp3) is 1.00. The largest absolute Gasteiger partial charge is 0.372 e. The predicted octanol–water partition coefficient (Wildman–Crippen LogP) is 0.846. The normalized spacial score (nSPS) is 25.3. The van der Waals surface area contributed by atoms with E-state index in [0.29, 0.717) is 12.4 Å². The smallest absolute Gasteiger partial charge is 0.153 e. The van der Waals surface area contributed by atoms with E-state index in [2.05, 4.69) is 0 Å². The highest BCUT2D eigenvalue weighted by atomic mass is 32.2. The first-order valence-electron chi connectivity index (χ1n) is 4.35. The van der Waals surface area contributed by atoms with Crippen LogP contribution < -0.4 is 0 Å². The van der Waals surface area contributed by atoms with Crippen LogP contribution in [-0.2, 0) is 14.6 Å². The van der Waals surface area contributed by atoms with Gasteiger partial charge in [0.25, 0.3) is 0 Å². The lowest BCUT2D eigenvalue weighted by Gasteiger charge is -2.07. The molecule has 0 spiro atoms. The molecule has 0 aromatic rings. The van der Waals surface area contributed by atoms with Crippen LogP contribution in [0.5, 0.6) is 0 Å². The third-order valence-corrected chi connectivity index (χ3v) is 4.03. The van der Waals surface area contributed by atoms with Gasteiger partial charge in [-0.2, -0.15) is 0 Å². The predicted molar refractivity (Wildman–Crippen MR) is 47.8 cm³/mol. The Kier molecular flexibility index (Phi) is 3.12. The van der Waals surface area contributed by atoms with Crippen molar-refractivity contribution < 1.29 is 13.2 Å². The van der Waals surface area contributed by atoms with Gasteiger partial charge in [0.05, 0.1) is 24.2 Å². The molecular weight excluding hydrogens is 176 g/mol. The zero-order chi connectivity index (χ0) is 9.19. The van der Waals surface area contributed by atoms with Gasteiger partial charge < -0.3 is 4.74 Å². The molecule has 1 aliphatic heterocycles. The lowest BCUT2D eigenvalue weighted by Crippen LogP contribution is -2.19. The molecule has 0 radical (unpaired) electrons. The zero-order valence-electron chi connectivity index (χ0n) is 7.62. The maximum Gasteiger partial charge on any atom is 0.153 e. The molecule has 0 aromatic carbocycles. The molecule has 0 amide bonds. The third kappa shape index (κ3) is 3.54. The number of hydrogen-bond donors (Lipinski definition) is 0. The quantitative estimate of drug-likeness (QED) is 0.607. The lowest BCUT2D eigenvalue weighted by molar-refractivity contribution is 0.422. The van der Waals surface area contributed by atoms with Gasteiger partial charge in [0.15, 0.2) is 9.84 Å². The Labute approximate surface area is 74.0 Å². The second-order valence-electron chi connectivity index (χ2n) is 3.55. The summed E-state index contributed by atoms with van der Waals surface area (Å²) in [7, 11) is -2.85. The monoisotopic (exact) mass is 192 g/mol. The fourth-order valence-electron chi connectivity index (χ4n) is 1.07. The van der Waals surface area contributed by atoms with Crippen LogP contribution in [0.4, 0.5) is 0 Å². The molecule has 72 valence electrons. The number of ether oxygens (including phenoxy) is 1. The average Bonchev–Trinajstić information content (AvgIpc) is 2.69. The fourth-order valence-corrected chi connectivity index (χ4v) is 3.06. The number of sulfone groups is 1. The molecule has 2 atom stereocenters. The van der Waals surface area contributed by atoms with Gasteiger partial charge >= 0.3 is 0 Å². The van der Waals surface area contributed by atoms with Gasteiger partial charge in [0.2, 0.25) is 0 Å². The van der Waals surface area contributed by atoms with Crippen LogP contribution in [-0.4, -0.2) is 32.6 Å². The van der Waals surface area contributed by atoms with E-state index in [9.17, 15) is 8.42 Å². The Bertz CT molecular complexity index is 229. The van der Waals surface area contributed by atoms with Crippen LogP contribution in [0.3, 0.4) is 0 Å². The lowest BCUT2D eigenvalue weighted by atomic mass is 10.2. The van der Waals surface area contributed by atoms with E-state index in [4.69, 9.17) is 4.74 Å². The van der Waals surface area contributed by atoms with E-state index < -0.39 is 9.84 Å². The van der Waals surface area contributed by atoms with Crippen molar-refractivity contribution >= 4 is 9.84 Å². The first-order valence-corrected chi connectivity index (χ1v) is 6.17. The van der Waals surface area contributed by atoms with Crippen LogP contribution in [0.25, 0.3) is 0 Å². The first-order chi connectivity index (χ1) is 5.53. The maximum absolute atomic E-state index is 11.4. The molecule has 0 N–H and O–H groups in total. The molecule has 4 heteroatoms. The standard InChI is InChI=1S/C8H16O3S/c1-3-7(2)5-12(9,10)6-8-4-11-8/h7-8H,3-6H2,1-2H3. The summed E-state index contributed by atoms with van der Waals surface area (Å²) in [5.74, 6) is 0.800. The molecule has 1 saturated heterocycles. The van der Waals surface area contributed by atoms with Crippen LogP contribution in [0.2, 0.25) is 0 Å². The van der Waals surface area contributed by atoms with Gasteiger partial charge in [-0.05, 0) is 5.92 Å². The summed E-state index contributed by atoms with van der Waals surface area (Å²) in [6.07, 6.45) is 0.921. The van der Waals surface area contributed by atoms with E-state index in [1.54, 1.807) is 0 Å². The van der Waals surface area contributed by atoms with Crippen molar-refractivity contribution in [1.29, 1.82) is 0 Å². The SMILES string of the molecule is CCC(C)CS(=O)(=O)CC1CO1. The average molecular weight is 192 g/mol. The third-order valence-electron chi connectivity index (χ3n) is 2.08. The highest BCUT2D eigenvalue weighted by Gasteiger charge is 2.29. The van der Waals surface area contributed by atoms with Gasteiger partial charge in [-0.1, -0.05) is 20.3 Å². The molecule has 0 aromatic heterocycles. The molecule has 2 unspecified atom stereocenters. The highest BCUT2D eigenvalue weighted by Crippen LogP contribution is 2.14. The summed E-state index contributed by atoms with van der Waals surface area (Å²) in [6.45, 7) is 4.60. The van der Waals surface area contributed by atoms with Crippen molar-refractivity contribution in [3.8, 4) is 0 Å². The van der Waals surface area contributed by atoms with Gasteiger partial charge in [-0.15, -0.1) is 0 Å². The van der Waals surface area contributed by atoms with E-state index in [-0.39, 0.29) is 17.8 Å². The first kappa shape index (κ1) is 9.99. The molecular formula is C8H16O3S. The van der Waals surface area contributed by atoms with Crippen molar-refractivity contribution in [1.82, 2.24) is 0 Å². The summed E-state index contributed by atoms with van der Waals surface area (Å²) in [5.41, 5.74) is 0. The Morgan fingerprint density at radius 2 is 2.17 bits per heavy atom. The summed E-state index contributed by atoms with van der Waals surface area (Å²) >= 11 is 0. The summed E-state index contributed by atoms with van der Waals surface area (Å²) in [6, 6.07) is 0. The van der Waals surface area contributed by atoms with Crippen molar-refractivity contribution in [3.05, 3.63) is 0 Å². The van der Waals surface area contributed by atoms with Crippen molar-refractivity contribution in [2.45, 2.75) is 26.4 Å². The van der Waals surface area contributed by atoms with Crippen LogP contribution in [0.1, 0.15) is 20.3 Å². The molecule has 1 rings (SSSR count). The van der Waals surface area contributed by atoms with E-state index >= 15 is 0 Å². The Morgan fingerprint density at radius 1 is 1.58 bits per heavy atom. The molecule has 1 heterocycles. The zero-order valence-corrected chi connectivity index (χ0v) is 8.43. The Hall–Kier alpha value is -0.0900. The minimum atomic E-state index is -2.85. The van der Waals surface area contributed by atoms with E-state index in [0.717, 1.165) is 6.42 Å². The molecule has 1 aliphatic rings. The molecule has 3 nitrogen and oxygen atoms in total. The van der Waals surface area contributed by atoms with Gasteiger partial charge in [0.1, 0.15) is 0 Å². The molecule has 0 bridgehead atoms. The second-order valence-corrected chi connectivity index (χ2v) is 5.70. The van der Waals surface area contributed by atoms with Gasteiger partial charge in [-0.25, -0.2) is 8.42 Å². The minimum Gasteiger partial charge on any atom is -0.372 e. The number of epoxide rings is 1. The molecule has 12 heavy (non-hydrogen) atoms. The van der Waals surface area contributed by atoms with Crippen molar-refractivity contribution in [3.63, 3.8) is 0 Å². The minimum absolute atomic E-state index is 0.000874. The molecule has 0 saturated carbocycles. The van der Waals surface area contributed by atoms with Gasteiger partial charge in [0, 0.05) is 0 Å². The van der Waals surface area contributed by atoms with E-state index in [1.807, 2.05) is 13.8 Å². The van der Waals surface area contributed by atoms with Crippen LogP contribution in [0.15, 0.2) is 0 Å². The van der Waals surface area contributed by atoms with Crippen LogP contribution >= 0.6 is 0 Å². The van der Waals surface area contributed by atoms with Gasteiger partial charge in [-0.3, -0.25) is 0 Å². The van der Waals surface area contributed by atoms with E-state index in [1.165, 1.54) is 0 Å². The summed E-state index contributed by atoms with van der Waals surface area (Å²) in [5, 5.41) is 0. The highest BCUT2D eigenvalue weighted by molar-refractivity contribution is 7.91. The summed E-state index contributed by atoms with van der Waals surface area (Å²) < 4.78 is 27.6. The second kappa shape index (κ2) is 3.75. The molecule has 1 fully saturated rings. The summed E-state index contributed by atoms with van der Waals surface area (Å²) in [4.78, 5) is 0. The Balaban J connectivity index is 2.36. The number of rotatable bonds is 5. The Morgan fingerprint density at radius 3 is 2.58 bits per heavy atom.